The Kier molecular flexibility index (Phi) is 19.2. The van der Waals surface area contributed by atoms with Crippen LogP contribution in [0.25, 0.3) is 0 Å². The molecular formula is C33H56N6O17S. The van der Waals surface area contributed by atoms with E-state index >= 15 is 0 Å². The number of carboxylic acids is 1. The fraction of sp³-hybridized carbons (Fsp3) is 0.848. The number of hydrogen-bond donors (Lipinski definition) is 11. The van der Waals surface area contributed by atoms with Gasteiger partial charge in [-0.25, -0.2) is 14.4 Å². The van der Waals surface area contributed by atoms with Crippen LogP contribution in [0, 0.1) is 0 Å². The first-order chi connectivity index (χ1) is 27.3. The molecule has 0 aromatic rings. The maximum atomic E-state index is 12.1. The minimum atomic E-state index is -2.03. The van der Waals surface area contributed by atoms with Crippen molar-refractivity contribution in [2.75, 3.05) is 65.0 Å². The van der Waals surface area contributed by atoms with Gasteiger partial charge in [-0.15, -0.1) is 0 Å². The third-order valence-electron chi connectivity index (χ3n) is 9.56. The first kappa shape index (κ1) is 46.5. The summed E-state index contributed by atoms with van der Waals surface area (Å²) in [6, 6.07) is -1.20. The summed E-state index contributed by atoms with van der Waals surface area (Å²) in [5, 5.41) is 65.7. The Morgan fingerprint density at radius 3 is 2.32 bits per heavy atom. The van der Waals surface area contributed by atoms with E-state index in [9.17, 15) is 49.5 Å². The van der Waals surface area contributed by atoms with E-state index in [-0.39, 0.29) is 37.2 Å². The smallest absolute Gasteiger partial charge is 0.404 e. The quantitative estimate of drug-likeness (QED) is 0.0322. The van der Waals surface area contributed by atoms with E-state index in [0.29, 0.717) is 51.2 Å². The van der Waals surface area contributed by atoms with Crippen LogP contribution in [0.5, 0.6) is 0 Å². The number of primary amides is 1. The lowest BCUT2D eigenvalue weighted by molar-refractivity contribution is -0.349. The highest BCUT2D eigenvalue weighted by molar-refractivity contribution is 8.00. The van der Waals surface area contributed by atoms with Gasteiger partial charge in [-0.3, -0.25) is 9.59 Å². The maximum absolute atomic E-state index is 12.1. The van der Waals surface area contributed by atoms with Gasteiger partial charge in [0.05, 0.1) is 51.7 Å². The molecule has 13 atom stereocenters. The zero-order chi connectivity index (χ0) is 41.5. The molecule has 326 valence electrons. The average Bonchev–Trinajstić information content (AvgIpc) is 3.72. The highest BCUT2D eigenvalue weighted by atomic mass is 32.2. The molecule has 0 aliphatic carbocycles. The highest BCUT2D eigenvalue weighted by Crippen LogP contribution is 2.34. The standard InChI is InChI=1S/C33H56N6O17S/c1-16(41)37-22-24(44)23(43)18(14-40)53-30(22)55-28-26(56-32(34)48)25(45)27(29(46)47)54-31(28)52-11-7-35-6-9-50-12-13-51-10-8-36-20(42)5-3-2-4-19-21-17(15-57-19)38-33(49)39-21/h17-19,21-28,30-31,35,40,43-45H,2-15H2,1H3,(H2,34,48)(H,36,42)(H,37,41)(H,46,47)(H2,38,39,49)/t17-,18+,19-,21-,22+,23+,24+,25+,26-,27-,28+,30-,31-/m0/s1. The van der Waals surface area contributed by atoms with Gasteiger partial charge in [-0.2, -0.15) is 11.8 Å². The van der Waals surface area contributed by atoms with Crippen molar-refractivity contribution in [3.8, 4) is 0 Å². The molecule has 0 aromatic heterocycles. The van der Waals surface area contributed by atoms with Crippen molar-refractivity contribution < 1.29 is 82.7 Å². The van der Waals surface area contributed by atoms with Gasteiger partial charge in [0, 0.05) is 44.0 Å². The van der Waals surface area contributed by atoms with Crippen molar-refractivity contribution in [3.05, 3.63) is 0 Å². The molecule has 0 radical (unpaired) electrons. The number of amides is 5. The molecule has 0 aromatic carbocycles. The summed E-state index contributed by atoms with van der Waals surface area (Å²) in [6.07, 6.45) is -13.9. The van der Waals surface area contributed by atoms with Gasteiger partial charge in [-0.05, 0) is 12.8 Å². The number of ether oxygens (including phenoxy) is 7. The summed E-state index contributed by atoms with van der Waals surface area (Å²) in [4.78, 5) is 59.2. The number of carboxylic acid groups (broad SMARTS) is 1. The van der Waals surface area contributed by atoms with E-state index in [0.717, 1.165) is 31.9 Å². The van der Waals surface area contributed by atoms with E-state index < -0.39 is 85.9 Å². The zero-order valence-electron chi connectivity index (χ0n) is 31.5. The summed E-state index contributed by atoms with van der Waals surface area (Å²) < 4.78 is 38.7. The van der Waals surface area contributed by atoms with Gasteiger partial charge >= 0.3 is 18.1 Å². The molecule has 5 amide bonds. The van der Waals surface area contributed by atoms with E-state index in [1.807, 2.05) is 11.8 Å². The van der Waals surface area contributed by atoms with Gasteiger partial charge in [0.2, 0.25) is 11.8 Å². The summed E-state index contributed by atoms with van der Waals surface area (Å²) >= 11 is 1.85. The summed E-state index contributed by atoms with van der Waals surface area (Å²) in [5.41, 5.74) is 5.20. The number of carbonyl (C=O) groups is 5. The number of hydrogen-bond acceptors (Lipinski definition) is 18. The number of unbranched alkanes of at least 4 members (excludes halogenated alkanes) is 1. The van der Waals surface area contributed by atoms with E-state index in [1.165, 1.54) is 0 Å². The molecule has 4 aliphatic rings. The van der Waals surface area contributed by atoms with Crippen molar-refractivity contribution in [1.29, 1.82) is 0 Å². The van der Waals surface area contributed by atoms with Crippen molar-refractivity contribution in [2.24, 2.45) is 5.73 Å². The first-order valence-corrected chi connectivity index (χ1v) is 19.9. The third-order valence-corrected chi connectivity index (χ3v) is 11.1. The lowest BCUT2D eigenvalue weighted by Crippen LogP contribution is -2.68. The molecule has 0 saturated carbocycles. The minimum absolute atomic E-state index is 0.0421. The molecule has 23 nitrogen and oxygen atoms in total. The molecule has 0 unspecified atom stereocenters. The third kappa shape index (κ3) is 14.0. The molecule has 0 spiro atoms. The predicted molar refractivity (Wildman–Crippen MR) is 194 cm³/mol. The average molecular weight is 841 g/mol. The number of carbonyl (C=O) groups excluding carboxylic acids is 4. The van der Waals surface area contributed by atoms with Crippen molar-refractivity contribution in [3.63, 3.8) is 0 Å². The Morgan fingerprint density at radius 1 is 0.912 bits per heavy atom. The summed E-state index contributed by atoms with van der Waals surface area (Å²) in [6.45, 7) is 2.35. The molecule has 24 heteroatoms. The predicted octanol–water partition coefficient (Wildman–Crippen LogP) is -4.57. The largest absolute Gasteiger partial charge is 0.479 e. The van der Waals surface area contributed by atoms with Crippen LogP contribution in [0.1, 0.15) is 32.6 Å². The molecule has 57 heavy (non-hydrogen) atoms. The van der Waals surface area contributed by atoms with Crippen LogP contribution in [0.3, 0.4) is 0 Å². The van der Waals surface area contributed by atoms with Gasteiger partial charge in [-0.1, -0.05) is 6.42 Å². The Morgan fingerprint density at radius 2 is 1.63 bits per heavy atom. The molecule has 4 rings (SSSR count). The lowest BCUT2D eigenvalue weighted by Gasteiger charge is -2.47. The Balaban J connectivity index is 1.11. The van der Waals surface area contributed by atoms with E-state index in [2.05, 4.69) is 26.6 Å². The lowest BCUT2D eigenvalue weighted by atomic mass is 9.95. The number of urea groups is 1. The van der Waals surface area contributed by atoms with Crippen molar-refractivity contribution in [1.82, 2.24) is 26.6 Å². The monoisotopic (exact) mass is 840 g/mol. The van der Waals surface area contributed by atoms with Crippen LogP contribution in [0.2, 0.25) is 0 Å². The highest BCUT2D eigenvalue weighted by Gasteiger charge is 2.55. The van der Waals surface area contributed by atoms with Gasteiger partial charge in [0.15, 0.2) is 30.9 Å². The number of nitrogens with one attached hydrogen (secondary N) is 5. The normalized spacial score (nSPS) is 33.5. The molecule has 0 bridgehead atoms. The molecular weight excluding hydrogens is 784 g/mol. The van der Waals surface area contributed by atoms with Crippen molar-refractivity contribution in [2.45, 2.75) is 111 Å². The van der Waals surface area contributed by atoms with E-state index in [4.69, 9.17) is 38.9 Å². The van der Waals surface area contributed by atoms with Crippen LogP contribution < -0.4 is 32.3 Å². The minimum Gasteiger partial charge on any atom is -0.479 e. The molecule has 4 saturated heterocycles. The van der Waals surface area contributed by atoms with Crippen LogP contribution >= 0.6 is 11.8 Å². The second-order valence-electron chi connectivity index (χ2n) is 13.8. The first-order valence-electron chi connectivity index (χ1n) is 18.8. The summed E-state index contributed by atoms with van der Waals surface area (Å²) in [7, 11) is 0. The second kappa shape index (κ2) is 23.5. The van der Waals surface area contributed by atoms with Crippen LogP contribution in [-0.2, 0) is 47.5 Å². The number of fused-ring (bicyclic) bond motifs is 1. The van der Waals surface area contributed by atoms with Crippen LogP contribution in [0.15, 0.2) is 0 Å². The number of aliphatic carboxylic acids is 1. The van der Waals surface area contributed by atoms with E-state index in [1.54, 1.807) is 0 Å². The van der Waals surface area contributed by atoms with Gasteiger partial charge in [0.1, 0.15) is 30.5 Å². The van der Waals surface area contributed by atoms with Crippen LogP contribution in [-0.4, -0.2) is 199 Å². The SMILES string of the molecule is CC(=O)N[C@H]1[C@H](O[C@H]2[C@@H](OCCNCCOCCOCCNC(=O)CCCC[C@@H]3SC[C@@H]4NC(=O)N[C@@H]43)O[C@H](C(=O)O)[C@H](O)[C@@H]2OC(N)=O)O[C@H](CO)[C@@H](O)[C@@H]1O. The fourth-order valence-electron chi connectivity index (χ4n) is 6.78. The second-order valence-corrected chi connectivity index (χ2v) is 15.0. The number of rotatable bonds is 24. The Bertz CT molecular complexity index is 1330. The zero-order valence-corrected chi connectivity index (χ0v) is 32.3. The fourth-order valence-corrected chi connectivity index (χ4v) is 8.32. The Labute approximate surface area is 332 Å². The number of aliphatic hydroxyl groups excluding tert-OH is 4. The topological polar surface area (TPSA) is 337 Å². The number of aliphatic hydroxyl groups is 4. The van der Waals surface area contributed by atoms with Crippen LogP contribution in [0.4, 0.5) is 9.59 Å². The molecule has 4 fully saturated rings. The summed E-state index contributed by atoms with van der Waals surface area (Å²) in [5.74, 6) is -1.42. The Hall–Kier alpha value is -3.14. The number of thioether (sulfide) groups is 1. The van der Waals surface area contributed by atoms with Crippen molar-refractivity contribution >= 4 is 41.7 Å². The van der Waals surface area contributed by atoms with Gasteiger partial charge in [0.25, 0.3) is 0 Å². The molecule has 12 N–H and O–H groups in total. The molecule has 4 heterocycles. The van der Waals surface area contributed by atoms with Gasteiger partial charge < -0.3 is 91.0 Å². The number of nitrogens with two attached hydrogens (primary N) is 1. The maximum Gasteiger partial charge on any atom is 0.404 e. The molecule has 4 aliphatic heterocycles.